The average molecular weight is 203 g/mol. The van der Waals surface area contributed by atoms with E-state index in [9.17, 15) is 0 Å². The van der Waals surface area contributed by atoms with Gasteiger partial charge in [-0.25, -0.2) is 0 Å². The van der Waals surface area contributed by atoms with Crippen LogP contribution in [0, 0.1) is 0 Å². The van der Waals surface area contributed by atoms with Crippen LogP contribution in [0.3, 0.4) is 0 Å². The van der Waals surface area contributed by atoms with E-state index in [4.69, 9.17) is 4.74 Å². The lowest BCUT2D eigenvalue weighted by molar-refractivity contribution is 0.302. The Morgan fingerprint density at radius 2 is 1.87 bits per heavy atom. The van der Waals surface area contributed by atoms with Crippen molar-refractivity contribution >= 4 is 5.69 Å². The maximum atomic E-state index is 5.31. The summed E-state index contributed by atoms with van der Waals surface area (Å²) in [5.41, 5.74) is 2.28. The van der Waals surface area contributed by atoms with Gasteiger partial charge in [0.15, 0.2) is 0 Å². The van der Waals surface area contributed by atoms with Gasteiger partial charge < -0.3 is 10.1 Å². The summed E-state index contributed by atoms with van der Waals surface area (Å²) in [5, 5.41) is 3.07. The molecule has 0 aliphatic carbocycles. The summed E-state index contributed by atoms with van der Waals surface area (Å²) in [6, 6.07) is 8.17. The Morgan fingerprint density at radius 1 is 1.27 bits per heavy atom. The summed E-state index contributed by atoms with van der Waals surface area (Å²) in [7, 11) is 1.90. The Morgan fingerprint density at radius 3 is 2.33 bits per heavy atom. The van der Waals surface area contributed by atoms with Crippen LogP contribution in [0.5, 0.6) is 0 Å². The molecule has 15 heavy (non-hydrogen) atoms. The van der Waals surface area contributed by atoms with Crippen molar-refractivity contribution in [1.29, 1.82) is 0 Å². The summed E-state index contributed by atoms with van der Waals surface area (Å²) in [6.07, 6.45) is 0.719. The first-order valence-electron chi connectivity index (χ1n) is 4.89. The van der Waals surface area contributed by atoms with Gasteiger partial charge in [-0.1, -0.05) is 25.3 Å². The molecule has 1 N–H and O–H groups in total. The quantitative estimate of drug-likeness (QED) is 0.741. The van der Waals surface area contributed by atoms with Gasteiger partial charge in [0.25, 0.3) is 0 Å². The molecule has 0 saturated heterocycles. The van der Waals surface area contributed by atoms with E-state index in [-0.39, 0.29) is 0 Å². The minimum atomic E-state index is 0.673. The van der Waals surface area contributed by atoms with Crippen molar-refractivity contribution in [2.24, 2.45) is 0 Å². The molecule has 1 aromatic rings. The topological polar surface area (TPSA) is 21.3 Å². The van der Waals surface area contributed by atoms with Crippen LogP contribution in [0.4, 0.5) is 5.69 Å². The normalized spacial score (nSPS) is 9.47. The smallest absolute Gasteiger partial charge is 0.101 e. The molecule has 0 heterocycles. The van der Waals surface area contributed by atoms with Crippen LogP contribution >= 0.6 is 0 Å². The molecule has 0 aliphatic rings. The second-order valence-corrected chi connectivity index (χ2v) is 3.47. The number of nitrogens with one attached hydrogen (secondary N) is 1. The standard InChI is InChI=1S/C13H17NO/c1-10(2)15-11(3)9-12-5-7-13(14-4)8-6-12/h5-8,14H,1,3,9H2,2,4H3. The van der Waals surface area contributed by atoms with E-state index < -0.39 is 0 Å². The molecule has 0 unspecified atom stereocenters. The number of anilines is 1. The highest BCUT2D eigenvalue weighted by Gasteiger charge is 1.98. The molecular formula is C13H17NO. The van der Waals surface area contributed by atoms with Gasteiger partial charge in [0.05, 0.1) is 5.76 Å². The molecule has 0 saturated carbocycles. The zero-order valence-electron chi connectivity index (χ0n) is 9.34. The van der Waals surface area contributed by atoms with Crippen molar-refractivity contribution in [3.8, 4) is 0 Å². The Kier molecular flexibility index (Phi) is 3.98. The first-order chi connectivity index (χ1) is 7.11. The maximum absolute atomic E-state index is 5.31. The largest absolute Gasteiger partial charge is 0.467 e. The van der Waals surface area contributed by atoms with Crippen LogP contribution in [0.1, 0.15) is 12.5 Å². The van der Waals surface area contributed by atoms with Gasteiger partial charge in [0.2, 0.25) is 0 Å². The third kappa shape index (κ3) is 3.90. The second kappa shape index (κ2) is 5.25. The molecule has 0 bridgehead atoms. The van der Waals surface area contributed by atoms with Gasteiger partial charge in [-0.05, 0) is 24.6 Å². The molecule has 80 valence electrons. The van der Waals surface area contributed by atoms with Gasteiger partial charge in [0.1, 0.15) is 5.76 Å². The number of hydrogen-bond acceptors (Lipinski definition) is 2. The van der Waals surface area contributed by atoms with Crippen molar-refractivity contribution < 1.29 is 4.74 Å². The minimum Gasteiger partial charge on any atom is -0.467 e. The van der Waals surface area contributed by atoms with Crippen LogP contribution in [-0.4, -0.2) is 7.05 Å². The maximum Gasteiger partial charge on any atom is 0.101 e. The lowest BCUT2D eigenvalue weighted by Crippen LogP contribution is -1.94. The number of ether oxygens (including phenoxy) is 1. The molecule has 0 aliphatic heterocycles. The first kappa shape index (κ1) is 11.4. The summed E-state index contributed by atoms with van der Waals surface area (Å²) in [4.78, 5) is 0. The van der Waals surface area contributed by atoms with E-state index in [0.29, 0.717) is 5.76 Å². The molecule has 0 amide bonds. The van der Waals surface area contributed by atoms with Gasteiger partial charge >= 0.3 is 0 Å². The zero-order chi connectivity index (χ0) is 11.3. The fraction of sp³-hybridized carbons (Fsp3) is 0.231. The Bertz CT molecular complexity index is 351. The summed E-state index contributed by atoms with van der Waals surface area (Å²) in [6.45, 7) is 9.32. The minimum absolute atomic E-state index is 0.673. The fourth-order valence-electron chi connectivity index (χ4n) is 1.30. The van der Waals surface area contributed by atoms with E-state index in [1.165, 1.54) is 5.56 Å². The molecule has 0 fully saturated rings. The van der Waals surface area contributed by atoms with Gasteiger partial charge in [-0.2, -0.15) is 0 Å². The van der Waals surface area contributed by atoms with E-state index in [0.717, 1.165) is 17.9 Å². The highest BCUT2D eigenvalue weighted by atomic mass is 16.5. The Hall–Kier alpha value is -1.70. The van der Waals surface area contributed by atoms with E-state index in [1.807, 2.05) is 26.1 Å². The average Bonchev–Trinajstić information content (AvgIpc) is 2.17. The van der Waals surface area contributed by atoms with E-state index in [2.05, 4.69) is 30.6 Å². The number of rotatable bonds is 5. The predicted octanol–water partition coefficient (Wildman–Crippen LogP) is 3.33. The van der Waals surface area contributed by atoms with Crippen molar-refractivity contribution in [3.05, 3.63) is 54.5 Å². The van der Waals surface area contributed by atoms with Gasteiger partial charge in [-0.15, -0.1) is 0 Å². The first-order valence-corrected chi connectivity index (χ1v) is 4.89. The van der Waals surface area contributed by atoms with Crippen LogP contribution < -0.4 is 5.32 Å². The molecular weight excluding hydrogens is 186 g/mol. The Balaban J connectivity index is 2.57. The molecule has 0 aromatic heterocycles. The summed E-state index contributed by atoms with van der Waals surface area (Å²) >= 11 is 0. The van der Waals surface area contributed by atoms with E-state index >= 15 is 0 Å². The molecule has 0 radical (unpaired) electrons. The highest BCUT2D eigenvalue weighted by molar-refractivity contribution is 5.44. The monoisotopic (exact) mass is 203 g/mol. The highest BCUT2D eigenvalue weighted by Crippen LogP contribution is 2.13. The molecule has 1 aromatic carbocycles. The summed E-state index contributed by atoms with van der Waals surface area (Å²) < 4.78 is 5.31. The van der Waals surface area contributed by atoms with Gasteiger partial charge in [-0.3, -0.25) is 0 Å². The summed E-state index contributed by atoms with van der Waals surface area (Å²) in [5.74, 6) is 1.39. The fourth-order valence-corrected chi connectivity index (χ4v) is 1.30. The van der Waals surface area contributed by atoms with Crippen LogP contribution in [0.2, 0.25) is 0 Å². The van der Waals surface area contributed by atoms with Crippen LogP contribution in [-0.2, 0) is 11.2 Å². The second-order valence-electron chi connectivity index (χ2n) is 3.47. The van der Waals surface area contributed by atoms with E-state index in [1.54, 1.807) is 0 Å². The SMILES string of the molecule is C=C(C)OC(=C)Cc1ccc(NC)cc1. The predicted molar refractivity (Wildman–Crippen MR) is 64.7 cm³/mol. The number of hydrogen-bond donors (Lipinski definition) is 1. The zero-order valence-corrected chi connectivity index (χ0v) is 9.34. The number of allylic oxidation sites excluding steroid dienone is 2. The Labute approximate surface area is 91.3 Å². The third-order valence-corrected chi connectivity index (χ3v) is 1.96. The third-order valence-electron chi connectivity index (χ3n) is 1.96. The van der Waals surface area contributed by atoms with Crippen molar-refractivity contribution in [3.63, 3.8) is 0 Å². The van der Waals surface area contributed by atoms with Crippen molar-refractivity contribution in [1.82, 2.24) is 0 Å². The molecule has 0 spiro atoms. The molecule has 1 rings (SSSR count). The lowest BCUT2D eigenvalue weighted by atomic mass is 10.1. The van der Waals surface area contributed by atoms with Crippen molar-refractivity contribution in [2.75, 3.05) is 12.4 Å². The lowest BCUT2D eigenvalue weighted by Gasteiger charge is -2.08. The van der Waals surface area contributed by atoms with Crippen LogP contribution in [0.15, 0.2) is 48.9 Å². The van der Waals surface area contributed by atoms with Crippen LogP contribution in [0.25, 0.3) is 0 Å². The molecule has 2 nitrogen and oxygen atoms in total. The molecule has 0 atom stereocenters. The number of benzene rings is 1. The molecule has 2 heteroatoms. The van der Waals surface area contributed by atoms with Crippen molar-refractivity contribution in [2.45, 2.75) is 13.3 Å². The van der Waals surface area contributed by atoms with Gasteiger partial charge in [0, 0.05) is 19.2 Å².